The van der Waals surface area contributed by atoms with Gasteiger partial charge in [-0.25, -0.2) is 4.98 Å². The van der Waals surface area contributed by atoms with Crippen molar-refractivity contribution in [3.05, 3.63) is 53.9 Å². The summed E-state index contributed by atoms with van der Waals surface area (Å²) >= 11 is 0. The second-order valence-corrected chi connectivity index (χ2v) is 6.97. The van der Waals surface area contributed by atoms with Crippen molar-refractivity contribution in [2.45, 2.75) is 58.2 Å². The van der Waals surface area contributed by atoms with E-state index in [-0.39, 0.29) is 35.9 Å². The summed E-state index contributed by atoms with van der Waals surface area (Å²) < 4.78 is 9.87. The van der Waals surface area contributed by atoms with E-state index in [2.05, 4.69) is 4.98 Å². The average molecular weight is 433 g/mol. The molecule has 2 aromatic rings. The lowest BCUT2D eigenvalue weighted by Crippen LogP contribution is -2.13. The Labute approximate surface area is 183 Å². The van der Waals surface area contributed by atoms with E-state index in [0.717, 1.165) is 18.4 Å². The Bertz CT molecular complexity index is 798. The van der Waals surface area contributed by atoms with Crippen molar-refractivity contribution < 1.29 is 29.3 Å². The van der Waals surface area contributed by atoms with Crippen LogP contribution in [0.1, 0.15) is 61.5 Å². The molecule has 0 radical (unpaired) electrons. The number of nitrogens with zero attached hydrogens (tertiary/aromatic N) is 1. The smallest absolute Gasteiger partial charge is 0.306 e. The molecule has 1 aromatic carbocycles. The molecule has 1 fully saturated rings. The van der Waals surface area contributed by atoms with Crippen molar-refractivity contribution >= 4 is 11.9 Å². The number of aliphatic hydroxyl groups excluding tert-OH is 1. The SMILES string of the molecule is CC1CCCCCCC(=O)O1.COc1ccnc(C(N)=O)c1O.OCc1ccccc1. The van der Waals surface area contributed by atoms with Crippen molar-refractivity contribution in [2.75, 3.05) is 7.11 Å². The van der Waals surface area contributed by atoms with Crippen molar-refractivity contribution in [2.24, 2.45) is 5.73 Å². The highest BCUT2D eigenvalue weighted by Crippen LogP contribution is 2.26. The summed E-state index contributed by atoms with van der Waals surface area (Å²) in [7, 11) is 1.37. The van der Waals surface area contributed by atoms with Crippen LogP contribution < -0.4 is 10.5 Å². The maximum absolute atomic E-state index is 11.0. The van der Waals surface area contributed by atoms with Gasteiger partial charge in [-0.15, -0.1) is 0 Å². The predicted molar refractivity (Wildman–Crippen MR) is 117 cm³/mol. The van der Waals surface area contributed by atoms with Gasteiger partial charge in [-0.2, -0.15) is 0 Å². The van der Waals surface area contributed by atoms with Crippen LogP contribution in [-0.2, 0) is 16.1 Å². The van der Waals surface area contributed by atoms with Crippen LogP contribution in [0.25, 0.3) is 0 Å². The van der Waals surface area contributed by atoms with Crippen LogP contribution in [-0.4, -0.2) is 40.3 Å². The van der Waals surface area contributed by atoms with E-state index in [4.69, 9.17) is 20.3 Å². The lowest BCUT2D eigenvalue weighted by atomic mass is 10.1. The van der Waals surface area contributed by atoms with E-state index in [9.17, 15) is 14.7 Å². The Balaban J connectivity index is 0.000000237. The molecule has 2 heterocycles. The number of primary amides is 1. The highest BCUT2D eigenvalue weighted by Gasteiger charge is 2.13. The number of benzene rings is 1. The van der Waals surface area contributed by atoms with Gasteiger partial charge in [0, 0.05) is 18.7 Å². The summed E-state index contributed by atoms with van der Waals surface area (Å²) in [4.78, 5) is 25.2. The lowest BCUT2D eigenvalue weighted by Gasteiger charge is -2.10. The quantitative estimate of drug-likeness (QED) is 0.634. The number of aromatic nitrogens is 1. The summed E-state index contributed by atoms with van der Waals surface area (Å²) in [5.74, 6) is -0.947. The van der Waals surface area contributed by atoms with E-state index >= 15 is 0 Å². The molecule has 1 aliphatic rings. The molecule has 8 heteroatoms. The molecule has 1 amide bonds. The number of aliphatic hydroxyl groups is 1. The first-order chi connectivity index (χ1) is 14.9. The van der Waals surface area contributed by atoms with E-state index in [0.29, 0.717) is 6.42 Å². The number of hydrogen-bond acceptors (Lipinski definition) is 7. The van der Waals surface area contributed by atoms with Crippen LogP contribution in [0, 0.1) is 0 Å². The minimum atomic E-state index is -0.786. The molecule has 0 spiro atoms. The summed E-state index contributed by atoms with van der Waals surface area (Å²) in [5, 5.41) is 17.8. The Kier molecular flexibility index (Phi) is 12.4. The normalized spacial score (nSPS) is 16.0. The molecule has 1 aliphatic heterocycles. The maximum Gasteiger partial charge on any atom is 0.306 e. The van der Waals surface area contributed by atoms with Crippen LogP contribution >= 0.6 is 0 Å². The molecule has 1 saturated heterocycles. The molecule has 0 aliphatic carbocycles. The zero-order chi connectivity index (χ0) is 23.1. The molecule has 8 nitrogen and oxygen atoms in total. The van der Waals surface area contributed by atoms with E-state index in [1.54, 1.807) is 0 Å². The van der Waals surface area contributed by atoms with E-state index in [1.807, 2.05) is 37.3 Å². The number of cyclic esters (lactones) is 1. The van der Waals surface area contributed by atoms with Crippen molar-refractivity contribution in [3.63, 3.8) is 0 Å². The topological polar surface area (TPSA) is 132 Å². The minimum Gasteiger partial charge on any atom is -0.503 e. The molecular weight excluding hydrogens is 400 g/mol. The summed E-state index contributed by atoms with van der Waals surface area (Å²) in [5.41, 5.74) is 5.70. The molecule has 170 valence electrons. The summed E-state index contributed by atoms with van der Waals surface area (Å²) in [6.45, 7) is 2.12. The Morgan fingerprint density at radius 3 is 2.45 bits per heavy atom. The van der Waals surface area contributed by atoms with Crippen LogP contribution in [0.2, 0.25) is 0 Å². The van der Waals surface area contributed by atoms with Gasteiger partial charge in [-0.3, -0.25) is 9.59 Å². The largest absolute Gasteiger partial charge is 0.503 e. The average Bonchev–Trinajstić information content (AvgIpc) is 2.86. The third-order valence-electron chi connectivity index (χ3n) is 4.44. The zero-order valence-electron chi connectivity index (χ0n) is 18.1. The van der Waals surface area contributed by atoms with Crippen molar-refractivity contribution in [1.82, 2.24) is 4.98 Å². The number of carbonyl (C=O) groups is 2. The molecule has 1 atom stereocenters. The molecule has 0 saturated carbocycles. The fraction of sp³-hybridized carbons (Fsp3) is 0.435. The minimum absolute atomic E-state index is 0.0144. The van der Waals surface area contributed by atoms with Gasteiger partial charge < -0.3 is 25.4 Å². The van der Waals surface area contributed by atoms with Crippen LogP contribution in [0.3, 0.4) is 0 Å². The number of rotatable bonds is 3. The number of carbonyl (C=O) groups excluding carboxylic acids is 2. The number of hydrogen-bond donors (Lipinski definition) is 3. The zero-order valence-corrected chi connectivity index (χ0v) is 18.1. The van der Waals surface area contributed by atoms with Crippen LogP contribution in [0.4, 0.5) is 0 Å². The van der Waals surface area contributed by atoms with Gasteiger partial charge in [0.2, 0.25) is 0 Å². The maximum atomic E-state index is 11.0. The number of ether oxygens (including phenoxy) is 2. The summed E-state index contributed by atoms with van der Waals surface area (Å²) in [6.07, 6.45) is 7.76. The van der Waals surface area contributed by atoms with Gasteiger partial charge in [-0.05, 0) is 31.7 Å². The third kappa shape index (κ3) is 10.5. The monoisotopic (exact) mass is 432 g/mol. The number of nitrogens with two attached hydrogens (primary N) is 1. The second-order valence-electron chi connectivity index (χ2n) is 6.97. The third-order valence-corrected chi connectivity index (χ3v) is 4.44. The van der Waals surface area contributed by atoms with E-state index in [1.165, 1.54) is 38.6 Å². The Hall–Kier alpha value is -3.13. The molecule has 1 aromatic heterocycles. The molecule has 1 unspecified atom stereocenters. The first-order valence-corrected chi connectivity index (χ1v) is 10.2. The molecule has 3 rings (SSSR count). The fourth-order valence-corrected chi connectivity index (χ4v) is 2.76. The molecule has 31 heavy (non-hydrogen) atoms. The molecule has 4 N–H and O–H groups in total. The highest BCUT2D eigenvalue weighted by molar-refractivity contribution is 5.94. The van der Waals surface area contributed by atoms with E-state index < -0.39 is 5.91 Å². The van der Waals surface area contributed by atoms with Gasteiger partial charge in [0.05, 0.1) is 19.8 Å². The van der Waals surface area contributed by atoms with Gasteiger partial charge in [0.25, 0.3) is 5.91 Å². The number of pyridine rings is 1. The predicted octanol–water partition coefficient (Wildman–Crippen LogP) is 3.35. The number of esters is 1. The fourth-order valence-electron chi connectivity index (χ4n) is 2.76. The first kappa shape index (κ1) is 25.9. The second kappa shape index (κ2) is 14.8. The Morgan fingerprint density at radius 2 is 1.87 bits per heavy atom. The van der Waals surface area contributed by atoms with Crippen molar-refractivity contribution in [3.8, 4) is 11.5 Å². The number of methoxy groups -OCH3 is 1. The van der Waals surface area contributed by atoms with Gasteiger partial charge >= 0.3 is 5.97 Å². The van der Waals surface area contributed by atoms with Gasteiger partial charge in [0.15, 0.2) is 17.2 Å². The van der Waals surface area contributed by atoms with Gasteiger partial charge in [-0.1, -0.05) is 43.2 Å². The Morgan fingerprint density at radius 1 is 1.19 bits per heavy atom. The molecule has 0 bridgehead atoms. The number of amides is 1. The first-order valence-electron chi connectivity index (χ1n) is 10.2. The van der Waals surface area contributed by atoms with Crippen LogP contribution in [0.15, 0.2) is 42.6 Å². The highest BCUT2D eigenvalue weighted by atomic mass is 16.5. The van der Waals surface area contributed by atoms with Crippen molar-refractivity contribution in [1.29, 1.82) is 0 Å². The summed E-state index contributed by atoms with van der Waals surface area (Å²) in [6, 6.07) is 11.0. The standard InChI is InChI=1S/C9H16O2.C7H8N2O3.C7H8O/c1-8-6-4-2-3-5-7-9(10)11-8;1-12-4-2-3-9-5(6(4)10)7(8)11;8-6-7-4-2-1-3-5-7/h8H,2-7H2,1H3;2-3,10H,1H3,(H2,8,11);1-5,8H,6H2. The van der Waals surface area contributed by atoms with Gasteiger partial charge in [0.1, 0.15) is 0 Å². The number of aromatic hydroxyl groups is 1. The van der Waals surface area contributed by atoms with Crippen LogP contribution in [0.5, 0.6) is 11.5 Å². The molecular formula is C23H32N2O6. The lowest BCUT2D eigenvalue weighted by molar-refractivity contribution is -0.148.